The maximum absolute atomic E-state index is 11.2. The Morgan fingerprint density at radius 3 is 2.53 bits per heavy atom. The zero-order valence-corrected chi connectivity index (χ0v) is 9.65. The number of hydrogen-bond acceptors (Lipinski definition) is 3. The molecule has 0 aliphatic carbocycles. The minimum Gasteiger partial charge on any atom is -0.355 e. The van der Waals surface area contributed by atoms with E-state index in [2.05, 4.69) is 10.6 Å². The highest BCUT2D eigenvalue weighted by Crippen LogP contribution is 2.12. The van der Waals surface area contributed by atoms with Crippen molar-refractivity contribution < 1.29 is 9.00 Å². The van der Waals surface area contributed by atoms with Crippen molar-refractivity contribution in [3.63, 3.8) is 0 Å². The Morgan fingerprint density at radius 1 is 1.20 bits per heavy atom. The minimum absolute atomic E-state index is 0.165. The molecular formula is C10H18N2O2S. The van der Waals surface area contributed by atoms with Crippen LogP contribution in [0.5, 0.6) is 0 Å². The van der Waals surface area contributed by atoms with E-state index in [1.54, 1.807) is 0 Å². The molecule has 4 nitrogen and oxygen atoms in total. The Labute approximate surface area is 92.6 Å². The van der Waals surface area contributed by atoms with Gasteiger partial charge in [0, 0.05) is 47.4 Å². The van der Waals surface area contributed by atoms with Gasteiger partial charge < -0.3 is 10.6 Å². The van der Waals surface area contributed by atoms with Gasteiger partial charge in [-0.15, -0.1) is 0 Å². The van der Waals surface area contributed by atoms with Gasteiger partial charge in [0.05, 0.1) is 0 Å². The first-order chi connectivity index (χ1) is 7.24. The van der Waals surface area contributed by atoms with E-state index in [9.17, 15) is 9.00 Å². The Hall–Kier alpha value is -0.420. The van der Waals surface area contributed by atoms with E-state index in [1.807, 2.05) is 0 Å². The van der Waals surface area contributed by atoms with Crippen LogP contribution in [0.2, 0.25) is 0 Å². The van der Waals surface area contributed by atoms with E-state index in [4.69, 9.17) is 0 Å². The van der Waals surface area contributed by atoms with Crippen molar-refractivity contribution in [2.45, 2.75) is 37.8 Å². The molecule has 0 saturated carbocycles. The molecule has 2 fully saturated rings. The van der Waals surface area contributed by atoms with E-state index < -0.39 is 10.8 Å². The second kappa shape index (κ2) is 5.07. The molecule has 0 aromatic heterocycles. The average Bonchev–Trinajstić information content (AvgIpc) is 2.25. The number of nitrogens with one attached hydrogen (secondary N) is 2. The normalized spacial score (nSPS) is 37.3. The van der Waals surface area contributed by atoms with Crippen molar-refractivity contribution in [2.75, 3.05) is 18.1 Å². The third-order valence-electron chi connectivity index (χ3n) is 3.12. The summed E-state index contributed by atoms with van der Waals surface area (Å²) in [5.41, 5.74) is 0. The van der Waals surface area contributed by atoms with Crippen LogP contribution in [0.3, 0.4) is 0 Å². The molecule has 2 N–H and O–H groups in total. The Bertz CT molecular complexity index is 224. The van der Waals surface area contributed by atoms with E-state index in [0.717, 1.165) is 37.3 Å². The van der Waals surface area contributed by atoms with Crippen LogP contribution in [-0.4, -0.2) is 40.3 Å². The lowest BCUT2D eigenvalue weighted by Gasteiger charge is -2.30. The molecule has 2 aliphatic heterocycles. The maximum atomic E-state index is 11.2. The quantitative estimate of drug-likeness (QED) is 0.689. The fourth-order valence-electron chi connectivity index (χ4n) is 2.17. The Balaban J connectivity index is 1.72. The van der Waals surface area contributed by atoms with Gasteiger partial charge in [0.2, 0.25) is 5.91 Å². The predicted octanol–water partition coefficient (Wildman–Crippen LogP) is -0.234. The van der Waals surface area contributed by atoms with Gasteiger partial charge in [-0.25, -0.2) is 0 Å². The summed E-state index contributed by atoms with van der Waals surface area (Å²) in [4.78, 5) is 11.0. The van der Waals surface area contributed by atoms with Crippen molar-refractivity contribution in [1.82, 2.24) is 10.6 Å². The summed E-state index contributed by atoms with van der Waals surface area (Å²) in [7, 11) is -0.583. The highest BCUT2D eigenvalue weighted by Gasteiger charge is 2.23. The number of hydrogen-bond donors (Lipinski definition) is 2. The van der Waals surface area contributed by atoms with Crippen LogP contribution in [0, 0.1) is 0 Å². The first-order valence-corrected chi connectivity index (χ1v) is 7.10. The fourth-order valence-corrected chi connectivity index (χ4v) is 3.47. The second-order valence-corrected chi connectivity index (χ2v) is 6.02. The largest absolute Gasteiger partial charge is 0.355 e. The topological polar surface area (TPSA) is 58.2 Å². The van der Waals surface area contributed by atoms with E-state index >= 15 is 0 Å². The van der Waals surface area contributed by atoms with Crippen LogP contribution in [0.4, 0.5) is 0 Å². The highest BCUT2D eigenvalue weighted by molar-refractivity contribution is 7.85. The summed E-state index contributed by atoms with van der Waals surface area (Å²) >= 11 is 0. The van der Waals surface area contributed by atoms with E-state index in [-0.39, 0.29) is 5.91 Å². The lowest BCUT2D eigenvalue weighted by molar-refractivity contribution is -0.122. The molecule has 0 bridgehead atoms. The third-order valence-corrected chi connectivity index (χ3v) is 4.51. The minimum atomic E-state index is -0.583. The molecule has 1 amide bonds. The number of amides is 1. The van der Waals surface area contributed by atoms with Crippen LogP contribution in [0.25, 0.3) is 0 Å². The molecule has 5 heteroatoms. The smallest absolute Gasteiger partial charge is 0.220 e. The van der Waals surface area contributed by atoms with Gasteiger partial charge in [0.25, 0.3) is 0 Å². The molecule has 1 atom stereocenters. The Kier molecular flexibility index (Phi) is 3.75. The van der Waals surface area contributed by atoms with Gasteiger partial charge in [0.1, 0.15) is 0 Å². The second-order valence-electron chi connectivity index (χ2n) is 4.33. The van der Waals surface area contributed by atoms with Gasteiger partial charge in [-0.05, 0) is 19.3 Å². The molecule has 15 heavy (non-hydrogen) atoms. The highest BCUT2D eigenvalue weighted by atomic mass is 32.2. The van der Waals surface area contributed by atoms with Crippen molar-refractivity contribution >= 4 is 16.7 Å². The molecule has 0 spiro atoms. The molecule has 86 valence electrons. The van der Waals surface area contributed by atoms with Crippen LogP contribution in [0.15, 0.2) is 0 Å². The summed E-state index contributed by atoms with van der Waals surface area (Å²) < 4.78 is 11.2. The van der Waals surface area contributed by atoms with Crippen LogP contribution in [-0.2, 0) is 15.6 Å². The van der Waals surface area contributed by atoms with E-state index in [1.165, 1.54) is 0 Å². The van der Waals surface area contributed by atoms with Crippen LogP contribution < -0.4 is 10.6 Å². The van der Waals surface area contributed by atoms with Gasteiger partial charge in [-0.3, -0.25) is 9.00 Å². The molecule has 2 aliphatic rings. The summed E-state index contributed by atoms with van der Waals surface area (Å²) in [6.45, 7) is 0.748. The molecule has 2 heterocycles. The summed E-state index contributed by atoms with van der Waals surface area (Å²) in [5.74, 6) is 1.82. The number of piperidine rings is 1. The molecule has 2 saturated heterocycles. The molecule has 0 aromatic carbocycles. The number of rotatable bonds is 2. The summed E-state index contributed by atoms with van der Waals surface area (Å²) in [6, 6.07) is 0.918. The van der Waals surface area contributed by atoms with Gasteiger partial charge in [-0.2, -0.15) is 0 Å². The first-order valence-electron chi connectivity index (χ1n) is 5.62. The number of carbonyl (C=O) groups is 1. The molecule has 0 radical (unpaired) electrons. The average molecular weight is 230 g/mol. The third kappa shape index (κ3) is 3.28. The van der Waals surface area contributed by atoms with Crippen molar-refractivity contribution in [2.24, 2.45) is 0 Å². The molecule has 1 unspecified atom stereocenters. The Morgan fingerprint density at radius 2 is 1.93 bits per heavy atom. The van der Waals surface area contributed by atoms with Crippen molar-refractivity contribution in [1.29, 1.82) is 0 Å². The van der Waals surface area contributed by atoms with Gasteiger partial charge >= 0.3 is 0 Å². The van der Waals surface area contributed by atoms with Gasteiger partial charge in [0.15, 0.2) is 0 Å². The zero-order chi connectivity index (χ0) is 10.7. The summed E-state index contributed by atoms with van der Waals surface area (Å²) in [6.07, 6.45) is 3.59. The zero-order valence-electron chi connectivity index (χ0n) is 8.83. The predicted molar refractivity (Wildman–Crippen MR) is 60.1 cm³/mol. The fraction of sp³-hybridized carbons (Fsp3) is 0.900. The lowest BCUT2D eigenvalue weighted by Crippen LogP contribution is -2.50. The van der Waals surface area contributed by atoms with Crippen LogP contribution in [0.1, 0.15) is 25.7 Å². The molecule has 0 aromatic rings. The maximum Gasteiger partial charge on any atom is 0.220 e. The summed E-state index contributed by atoms with van der Waals surface area (Å²) in [5, 5.41) is 6.42. The van der Waals surface area contributed by atoms with Crippen molar-refractivity contribution in [3.05, 3.63) is 0 Å². The van der Waals surface area contributed by atoms with Gasteiger partial charge in [-0.1, -0.05) is 0 Å². The lowest BCUT2D eigenvalue weighted by atomic mass is 10.0. The number of carbonyl (C=O) groups excluding carboxylic acids is 1. The molecule has 2 rings (SSSR count). The standard InChI is InChI=1S/C10H18N2O2S/c13-10-2-1-9(7-11-10)12-8-3-5-15(14)6-4-8/h8-9,12H,1-7H2,(H,11,13). The first kappa shape index (κ1) is 11.1. The van der Waals surface area contributed by atoms with E-state index in [0.29, 0.717) is 18.5 Å². The van der Waals surface area contributed by atoms with Crippen molar-refractivity contribution in [3.8, 4) is 0 Å². The monoisotopic (exact) mass is 230 g/mol. The van der Waals surface area contributed by atoms with Crippen LogP contribution >= 0.6 is 0 Å². The molecular weight excluding hydrogens is 212 g/mol. The SMILES string of the molecule is O=C1CCC(NC2CCS(=O)CC2)CN1.